The Bertz CT molecular complexity index is 554. The number of nitrogens with one attached hydrogen (secondary N) is 1. The molecule has 3 N–H and O–H groups in total. The highest BCUT2D eigenvalue weighted by molar-refractivity contribution is 7.10. The molecule has 0 radical (unpaired) electrons. The zero-order valence-corrected chi connectivity index (χ0v) is 10.6. The van der Waals surface area contributed by atoms with E-state index in [0.29, 0.717) is 0 Å². The van der Waals surface area contributed by atoms with Crippen molar-refractivity contribution in [3.8, 4) is 0 Å². The van der Waals surface area contributed by atoms with Gasteiger partial charge in [-0.15, -0.1) is 11.3 Å². The van der Waals surface area contributed by atoms with Crippen LogP contribution >= 0.6 is 11.3 Å². The number of rotatable bonds is 3. The molecule has 0 spiro atoms. The van der Waals surface area contributed by atoms with Gasteiger partial charge in [0.05, 0.1) is 17.3 Å². The highest BCUT2D eigenvalue weighted by atomic mass is 32.1. The Hall–Kier alpha value is -1.88. The SMILES string of the molecule is CC(NC(=O)c1cccc(F)c1N)c1cccs1. The minimum atomic E-state index is -0.577. The maximum atomic E-state index is 13.2. The molecule has 0 aliphatic rings. The van der Waals surface area contributed by atoms with Gasteiger partial charge in [-0.1, -0.05) is 12.1 Å². The molecule has 1 unspecified atom stereocenters. The molecule has 1 amide bonds. The molecule has 0 saturated carbocycles. The van der Waals surface area contributed by atoms with Crippen LogP contribution in [0.5, 0.6) is 0 Å². The number of thiophene rings is 1. The van der Waals surface area contributed by atoms with Crippen molar-refractivity contribution >= 4 is 22.9 Å². The summed E-state index contributed by atoms with van der Waals surface area (Å²) in [7, 11) is 0. The maximum Gasteiger partial charge on any atom is 0.253 e. The van der Waals surface area contributed by atoms with E-state index in [4.69, 9.17) is 5.73 Å². The number of para-hydroxylation sites is 1. The lowest BCUT2D eigenvalue weighted by Gasteiger charge is -2.13. The molecule has 2 rings (SSSR count). The molecule has 0 aliphatic heterocycles. The van der Waals surface area contributed by atoms with E-state index >= 15 is 0 Å². The van der Waals surface area contributed by atoms with E-state index in [1.807, 2.05) is 24.4 Å². The zero-order chi connectivity index (χ0) is 13.1. The van der Waals surface area contributed by atoms with Gasteiger partial charge in [-0.05, 0) is 30.5 Å². The second-order valence-corrected chi connectivity index (χ2v) is 4.89. The molecule has 1 aromatic carbocycles. The van der Waals surface area contributed by atoms with Crippen molar-refractivity contribution in [1.82, 2.24) is 5.32 Å². The fourth-order valence-corrected chi connectivity index (χ4v) is 2.35. The fraction of sp³-hybridized carbons (Fsp3) is 0.154. The third-order valence-electron chi connectivity index (χ3n) is 2.62. The van der Waals surface area contributed by atoms with Gasteiger partial charge in [0, 0.05) is 4.88 Å². The molecule has 0 saturated heterocycles. The Morgan fingerprint density at radius 1 is 1.39 bits per heavy atom. The van der Waals surface area contributed by atoms with Crippen LogP contribution in [0.4, 0.5) is 10.1 Å². The summed E-state index contributed by atoms with van der Waals surface area (Å²) in [5.41, 5.74) is 5.59. The first-order valence-electron chi connectivity index (χ1n) is 5.48. The second-order valence-electron chi connectivity index (χ2n) is 3.91. The number of amides is 1. The van der Waals surface area contributed by atoms with Gasteiger partial charge in [-0.2, -0.15) is 0 Å². The average molecular weight is 264 g/mol. The van der Waals surface area contributed by atoms with Crippen LogP contribution in [-0.2, 0) is 0 Å². The third-order valence-corrected chi connectivity index (χ3v) is 3.67. The van der Waals surface area contributed by atoms with Crippen LogP contribution in [0.1, 0.15) is 28.2 Å². The Balaban J connectivity index is 2.15. The van der Waals surface area contributed by atoms with Crippen molar-refractivity contribution in [3.63, 3.8) is 0 Å². The molecule has 2 aromatic rings. The summed E-state index contributed by atoms with van der Waals surface area (Å²) in [5.74, 6) is -0.945. The summed E-state index contributed by atoms with van der Waals surface area (Å²) in [4.78, 5) is 13.0. The summed E-state index contributed by atoms with van der Waals surface area (Å²) >= 11 is 1.56. The summed E-state index contributed by atoms with van der Waals surface area (Å²) < 4.78 is 13.2. The molecule has 0 fully saturated rings. The van der Waals surface area contributed by atoms with E-state index in [1.165, 1.54) is 18.2 Å². The van der Waals surface area contributed by atoms with Crippen molar-refractivity contribution in [1.29, 1.82) is 0 Å². The van der Waals surface area contributed by atoms with Crippen LogP contribution in [0.3, 0.4) is 0 Å². The van der Waals surface area contributed by atoms with Crippen LogP contribution in [0.2, 0.25) is 0 Å². The number of halogens is 1. The van der Waals surface area contributed by atoms with Gasteiger partial charge in [-0.25, -0.2) is 4.39 Å². The second kappa shape index (κ2) is 5.18. The summed E-state index contributed by atoms with van der Waals surface area (Å²) in [6.07, 6.45) is 0. The van der Waals surface area contributed by atoms with Crippen LogP contribution in [0.15, 0.2) is 35.7 Å². The predicted octanol–water partition coefficient (Wildman–Crippen LogP) is 2.96. The standard InChI is InChI=1S/C13H13FN2OS/c1-8(11-6-3-7-18-11)16-13(17)9-4-2-5-10(14)12(9)15/h2-8H,15H2,1H3,(H,16,17). The molecule has 1 heterocycles. The molecule has 94 valence electrons. The van der Waals surface area contributed by atoms with Gasteiger partial charge in [0.25, 0.3) is 5.91 Å². The van der Waals surface area contributed by atoms with E-state index in [1.54, 1.807) is 11.3 Å². The molecule has 1 aromatic heterocycles. The predicted molar refractivity (Wildman–Crippen MR) is 71.0 cm³/mol. The maximum absolute atomic E-state index is 13.2. The van der Waals surface area contributed by atoms with Crippen molar-refractivity contribution in [2.45, 2.75) is 13.0 Å². The summed E-state index contributed by atoms with van der Waals surface area (Å²) in [5, 5.41) is 4.73. The Morgan fingerprint density at radius 2 is 2.17 bits per heavy atom. The van der Waals surface area contributed by atoms with Crippen molar-refractivity contribution < 1.29 is 9.18 Å². The third kappa shape index (κ3) is 2.51. The fourth-order valence-electron chi connectivity index (χ4n) is 1.62. The van der Waals surface area contributed by atoms with Crippen LogP contribution in [-0.4, -0.2) is 5.91 Å². The largest absolute Gasteiger partial charge is 0.396 e. The minimum absolute atomic E-state index is 0.117. The van der Waals surface area contributed by atoms with Crippen molar-refractivity contribution in [2.75, 3.05) is 5.73 Å². The lowest BCUT2D eigenvalue weighted by Crippen LogP contribution is -2.27. The number of hydrogen-bond donors (Lipinski definition) is 2. The van der Waals surface area contributed by atoms with Gasteiger partial charge < -0.3 is 11.1 Å². The van der Waals surface area contributed by atoms with Crippen LogP contribution in [0.25, 0.3) is 0 Å². The number of carbonyl (C=O) groups excluding carboxylic acids is 1. The smallest absolute Gasteiger partial charge is 0.253 e. The number of nitrogen functional groups attached to an aromatic ring is 1. The highest BCUT2D eigenvalue weighted by Gasteiger charge is 2.15. The van der Waals surface area contributed by atoms with Crippen LogP contribution < -0.4 is 11.1 Å². The van der Waals surface area contributed by atoms with Gasteiger partial charge >= 0.3 is 0 Å². The van der Waals surface area contributed by atoms with Crippen LogP contribution in [0, 0.1) is 5.82 Å². The van der Waals surface area contributed by atoms with Crippen molar-refractivity contribution in [2.24, 2.45) is 0 Å². The van der Waals surface area contributed by atoms with Gasteiger partial charge in [0.15, 0.2) is 0 Å². The molecule has 0 aliphatic carbocycles. The molecular formula is C13H13FN2OS. The normalized spacial score (nSPS) is 12.1. The molecule has 18 heavy (non-hydrogen) atoms. The average Bonchev–Trinajstić information content (AvgIpc) is 2.86. The number of hydrogen-bond acceptors (Lipinski definition) is 3. The van der Waals surface area contributed by atoms with E-state index in [2.05, 4.69) is 5.32 Å². The van der Waals surface area contributed by atoms with Crippen molar-refractivity contribution in [3.05, 3.63) is 52.0 Å². The van der Waals surface area contributed by atoms with Gasteiger partial charge in [-0.3, -0.25) is 4.79 Å². The Morgan fingerprint density at radius 3 is 2.83 bits per heavy atom. The van der Waals surface area contributed by atoms with E-state index in [9.17, 15) is 9.18 Å². The van der Waals surface area contributed by atoms with Gasteiger partial charge in [0.2, 0.25) is 0 Å². The first kappa shape index (κ1) is 12.6. The topological polar surface area (TPSA) is 55.1 Å². The zero-order valence-electron chi connectivity index (χ0n) is 9.81. The van der Waals surface area contributed by atoms with E-state index < -0.39 is 5.82 Å². The molecule has 0 bridgehead atoms. The Kier molecular flexibility index (Phi) is 3.62. The summed E-state index contributed by atoms with van der Waals surface area (Å²) in [6.45, 7) is 1.87. The monoisotopic (exact) mass is 264 g/mol. The number of anilines is 1. The lowest BCUT2D eigenvalue weighted by molar-refractivity contribution is 0.0941. The highest BCUT2D eigenvalue weighted by Crippen LogP contribution is 2.20. The summed E-state index contributed by atoms with van der Waals surface area (Å²) in [6, 6.07) is 7.93. The number of nitrogens with two attached hydrogens (primary N) is 1. The first-order valence-corrected chi connectivity index (χ1v) is 6.36. The minimum Gasteiger partial charge on any atom is -0.396 e. The molecular weight excluding hydrogens is 251 g/mol. The lowest BCUT2D eigenvalue weighted by atomic mass is 10.1. The van der Waals surface area contributed by atoms with Gasteiger partial charge in [0.1, 0.15) is 5.82 Å². The first-order chi connectivity index (χ1) is 8.59. The number of benzene rings is 1. The van der Waals surface area contributed by atoms with E-state index in [-0.39, 0.29) is 23.2 Å². The molecule has 5 heteroatoms. The quantitative estimate of drug-likeness (QED) is 0.837. The Labute approximate surface area is 108 Å². The molecule has 1 atom stereocenters. The van der Waals surface area contributed by atoms with E-state index in [0.717, 1.165) is 4.88 Å². The molecule has 3 nitrogen and oxygen atoms in total. The number of carbonyl (C=O) groups is 1.